The van der Waals surface area contributed by atoms with Crippen LogP contribution >= 0.6 is 0 Å². The minimum absolute atomic E-state index is 0.133. The number of benzene rings is 2. The second kappa shape index (κ2) is 9.07. The van der Waals surface area contributed by atoms with Crippen LogP contribution in [0.2, 0.25) is 0 Å². The molecule has 9 nitrogen and oxygen atoms in total. The standard InChI is InChI=1S/C24H22N4O5/c1-15-21-19(25-26-23(29)16-8-6-11-18(14-16)28(31)32)12-7-13-20(21)33-22(15)24(30)27(2)17-9-4-3-5-10-17/h3-6,8-11,14H,7,12-13H2,1-2H3,(H,26,29)/b25-19+. The molecule has 0 spiro atoms. The number of fused-ring (bicyclic) bond motifs is 1. The highest BCUT2D eigenvalue weighted by Gasteiger charge is 2.29. The summed E-state index contributed by atoms with van der Waals surface area (Å²) < 4.78 is 5.95. The van der Waals surface area contributed by atoms with E-state index in [0.29, 0.717) is 29.9 Å². The number of anilines is 1. The van der Waals surface area contributed by atoms with Crippen molar-refractivity contribution in [2.75, 3.05) is 11.9 Å². The Morgan fingerprint density at radius 1 is 1.12 bits per heavy atom. The van der Waals surface area contributed by atoms with Gasteiger partial charge in [-0.1, -0.05) is 24.3 Å². The van der Waals surface area contributed by atoms with Crippen LogP contribution in [0.25, 0.3) is 0 Å². The van der Waals surface area contributed by atoms with Crippen LogP contribution < -0.4 is 10.3 Å². The molecule has 1 aliphatic carbocycles. The van der Waals surface area contributed by atoms with Crippen molar-refractivity contribution in [3.8, 4) is 0 Å². The first-order valence-corrected chi connectivity index (χ1v) is 10.4. The Morgan fingerprint density at radius 2 is 1.88 bits per heavy atom. The van der Waals surface area contributed by atoms with Crippen LogP contribution in [0.15, 0.2) is 64.1 Å². The average Bonchev–Trinajstić information content (AvgIpc) is 3.19. The van der Waals surface area contributed by atoms with Crippen molar-refractivity contribution in [3.05, 3.63) is 92.9 Å². The molecule has 0 atom stereocenters. The monoisotopic (exact) mass is 446 g/mol. The molecular weight excluding hydrogens is 424 g/mol. The number of aryl methyl sites for hydroxylation is 1. The largest absolute Gasteiger partial charge is 0.455 e. The zero-order valence-corrected chi connectivity index (χ0v) is 18.2. The van der Waals surface area contributed by atoms with Gasteiger partial charge in [-0.2, -0.15) is 5.10 Å². The molecule has 0 aliphatic heterocycles. The van der Waals surface area contributed by atoms with E-state index >= 15 is 0 Å². The fourth-order valence-corrected chi connectivity index (χ4v) is 3.85. The lowest BCUT2D eigenvalue weighted by atomic mass is 9.93. The lowest BCUT2D eigenvalue weighted by Gasteiger charge is -2.16. The minimum atomic E-state index is -0.560. The summed E-state index contributed by atoms with van der Waals surface area (Å²) in [7, 11) is 1.69. The van der Waals surface area contributed by atoms with E-state index in [9.17, 15) is 19.7 Å². The van der Waals surface area contributed by atoms with Gasteiger partial charge >= 0.3 is 0 Å². The maximum Gasteiger partial charge on any atom is 0.294 e. The Morgan fingerprint density at radius 3 is 2.61 bits per heavy atom. The van der Waals surface area contributed by atoms with Gasteiger partial charge in [0.25, 0.3) is 17.5 Å². The summed E-state index contributed by atoms with van der Waals surface area (Å²) in [6, 6.07) is 14.7. The van der Waals surface area contributed by atoms with Gasteiger partial charge in [0, 0.05) is 48.0 Å². The number of hydrogen-bond donors (Lipinski definition) is 1. The summed E-state index contributed by atoms with van der Waals surface area (Å²) in [6.45, 7) is 1.80. The van der Waals surface area contributed by atoms with Gasteiger partial charge < -0.3 is 9.32 Å². The maximum atomic E-state index is 13.1. The molecule has 0 fully saturated rings. The molecule has 1 aliphatic rings. The molecule has 1 N–H and O–H groups in total. The number of hydrazone groups is 1. The van der Waals surface area contributed by atoms with Gasteiger partial charge in [0.15, 0.2) is 5.76 Å². The molecular formula is C24H22N4O5. The van der Waals surface area contributed by atoms with Crippen LogP contribution in [0.4, 0.5) is 11.4 Å². The quantitative estimate of drug-likeness (QED) is 0.464. The average molecular weight is 446 g/mol. The highest BCUT2D eigenvalue weighted by molar-refractivity contribution is 6.10. The van der Waals surface area contributed by atoms with Crippen LogP contribution in [-0.4, -0.2) is 29.5 Å². The summed E-state index contributed by atoms with van der Waals surface area (Å²) in [4.78, 5) is 37.5. The normalized spacial score (nSPS) is 13.9. The van der Waals surface area contributed by atoms with Gasteiger partial charge in [0.2, 0.25) is 0 Å². The fraction of sp³-hybridized carbons (Fsp3) is 0.208. The SMILES string of the molecule is Cc1c(C(=O)N(C)c2ccccc2)oc2c1/C(=N/NC(=O)c1cccc([N+](=O)[O-])c1)CCC2. The molecule has 0 unspecified atom stereocenters. The van der Waals surface area contributed by atoms with Crippen LogP contribution in [0, 0.1) is 17.0 Å². The molecule has 2 aromatic carbocycles. The first-order chi connectivity index (χ1) is 15.9. The molecule has 2 amide bonds. The molecule has 1 aromatic heterocycles. The number of para-hydroxylation sites is 1. The number of hydrogen-bond acceptors (Lipinski definition) is 6. The Kier molecular flexibility index (Phi) is 6.03. The minimum Gasteiger partial charge on any atom is -0.455 e. The lowest BCUT2D eigenvalue weighted by Crippen LogP contribution is -2.26. The summed E-state index contributed by atoms with van der Waals surface area (Å²) in [6.07, 6.45) is 2.02. The Bertz CT molecular complexity index is 1260. The second-order valence-electron chi connectivity index (χ2n) is 7.71. The fourth-order valence-electron chi connectivity index (χ4n) is 3.85. The topological polar surface area (TPSA) is 118 Å². The van der Waals surface area contributed by atoms with E-state index in [1.165, 1.54) is 29.2 Å². The van der Waals surface area contributed by atoms with Crippen molar-refractivity contribution in [3.63, 3.8) is 0 Å². The van der Waals surface area contributed by atoms with Crippen LogP contribution in [0.1, 0.15) is 50.6 Å². The van der Waals surface area contributed by atoms with Gasteiger partial charge in [-0.25, -0.2) is 5.43 Å². The number of nitrogens with zero attached hydrogens (tertiary/aromatic N) is 3. The third kappa shape index (κ3) is 4.38. The van der Waals surface area contributed by atoms with Gasteiger partial charge in [0.05, 0.1) is 10.6 Å². The zero-order chi connectivity index (χ0) is 23.5. The van der Waals surface area contributed by atoms with Gasteiger partial charge in [-0.15, -0.1) is 0 Å². The first-order valence-electron chi connectivity index (χ1n) is 10.4. The van der Waals surface area contributed by atoms with E-state index in [-0.39, 0.29) is 22.9 Å². The van der Waals surface area contributed by atoms with Crippen molar-refractivity contribution < 1.29 is 18.9 Å². The van der Waals surface area contributed by atoms with E-state index in [2.05, 4.69) is 10.5 Å². The third-order valence-corrected chi connectivity index (χ3v) is 5.58. The summed E-state index contributed by atoms with van der Waals surface area (Å²) in [5, 5.41) is 15.2. The number of carbonyl (C=O) groups is 2. The van der Waals surface area contributed by atoms with Gasteiger partial charge in [-0.05, 0) is 38.0 Å². The zero-order valence-electron chi connectivity index (χ0n) is 18.2. The number of nitro groups is 1. The highest BCUT2D eigenvalue weighted by atomic mass is 16.6. The van der Waals surface area contributed by atoms with Crippen molar-refractivity contribution >= 4 is 28.9 Å². The third-order valence-electron chi connectivity index (χ3n) is 5.58. The predicted octanol–water partition coefficient (Wildman–Crippen LogP) is 4.24. The number of amides is 2. The molecule has 1 heterocycles. The van der Waals surface area contributed by atoms with E-state index in [0.717, 1.165) is 17.7 Å². The Hall–Kier alpha value is -4.27. The first kappa shape index (κ1) is 21.9. The van der Waals surface area contributed by atoms with Crippen LogP contribution in [0.3, 0.4) is 0 Å². The summed E-state index contributed by atoms with van der Waals surface area (Å²) in [5.74, 6) is 0.0746. The van der Waals surface area contributed by atoms with Gasteiger partial charge in [-0.3, -0.25) is 19.7 Å². The number of carbonyl (C=O) groups excluding carboxylic acids is 2. The molecule has 0 saturated carbocycles. The number of non-ortho nitro benzene ring substituents is 1. The van der Waals surface area contributed by atoms with Gasteiger partial charge in [0.1, 0.15) is 5.76 Å². The van der Waals surface area contributed by atoms with Crippen LogP contribution in [-0.2, 0) is 6.42 Å². The van der Waals surface area contributed by atoms with Crippen molar-refractivity contribution in [1.29, 1.82) is 0 Å². The smallest absolute Gasteiger partial charge is 0.294 e. The molecule has 0 saturated heterocycles. The van der Waals surface area contributed by atoms with Crippen molar-refractivity contribution in [2.24, 2.45) is 5.10 Å². The van der Waals surface area contributed by atoms with E-state index < -0.39 is 10.8 Å². The lowest BCUT2D eigenvalue weighted by molar-refractivity contribution is -0.384. The summed E-state index contributed by atoms with van der Waals surface area (Å²) >= 11 is 0. The Balaban J connectivity index is 1.59. The highest BCUT2D eigenvalue weighted by Crippen LogP contribution is 2.31. The molecule has 168 valence electrons. The van der Waals surface area contributed by atoms with E-state index in [4.69, 9.17) is 4.42 Å². The number of nitrogens with one attached hydrogen (secondary N) is 1. The van der Waals surface area contributed by atoms with Crippen molar-refractivity contribution in [1.82, 2.24) is 5.43 Å². The Labute approximate surface area is 189 Å². The van der Waals surface area contributed by atoms with Crippen molar-refractivity contribution in [2.45, 2.75) is 26.2 Å². The number of furan rings is 1. The number of nitro benzene ring substituents is 1. The molecule has 33 heavy (non-hydrogen) atoms. The van der Waals surface area contributed by atoms with E-state index in [1.54, 1.807) is 14.0 Å². The number of rotatable bonds is 5. The van der Waals surface area contributed by atoms with E-state index in [1.807, 2.05) is 30.3 Å². The summed E-state index contributed by atoms with van der Waals surface area (Å²) in [5.41, 5.74) is 5.19. The second-order valence-corrected chi connectivity index (χ2v) is 7.71. The molecule has 3 aromatic rings. The molecule has 9 heteroatoms. The predicted molar refractivity (Wildman–Crippen MR) is 123 cm³/mol. The van der Waals surface area contributed by atoms with Crippen LogP contribution in [0.5, 0.6) is 0 Å². The molecule has 4 rings (SSSR count). The molecule has 0 bridgehead atoms. The molecule has 0 radical (unpaired) electrons. The maximum absolute atomic E-state index is 13.1.